The zero-order valence-electron chi connectivity index (χ0n) is 17.3. The first kappa shape index (κ1) is 23.2. The first-order valence-corrected chi connectivity index (χ1v) is 11.1. The number of aromatic nitrogens is 1. The molecule has 0 fully saturated rings. The van der Waals surface area contributed by atoms with E-state index < -0.39 is 12.0 Å². The van der Waals surface area contributed by atoms with Crippen LogP contribution < -0.4 is 10.1 Å². The first-order valence-electron chi connectivity index (χ1n) is 9.93. The Morgan fingerprint density at radius 1 is 1.29 bits per heavy atom. The van der Waals surface area contributed by atoms with Crippen LogP contribution in [-0.2, 0) is 16.0 Å². The summed E-state index contributed by atoms with van der Waals surface area (Å²) < 4.78 is 6.57. The fourth-order valence-electron chi connectivity index (χ4n) is 3.41. The Hall–Kier alpha value is -2.51. The van der Waals surface area contributed by atoms with Gasteiger partial charge in [0.15, 0.2) is 0 Å². The Labute approximate surface area is 194 Å². The average molecular weight is 508 g/mol. The highest BCUT2D eigenvalue weighted by Crippen LogP contribution is 2.35. The maximum absolute atomic E-state index is 12.3. The summed E-state index contributed by atoms with van der Waals surface area (Å²) in [7, 11) is 0. The molecule has 0 spiro atoms. The fraction of sp³-hybridized carbons (Fsp3) is 0.304. The van der Waals surface area contributed by atoms with Crippen molar-refractivity contribution >= 4 is 50.3 Å². The number of H-pyrrole nitrogens is 1. The third kappa shape index (κ3) is 5.60. The number of hydrogen-bond donors (Lipinski definition) is 3. The number of rotatable bonds is 9. The second-order valence-corrected chi connectivity index (χ2v) is 8.59. The number of carbonyl (C=O) groups is 2. The highest BCUT2D eigenvalue weighted by Gasteiger charge is 2.21. The molecule has 0 aliphatic rings. The molecule has 0 saturated carbocycles. The molecule has 1 atom stereocenters. The summed E-state index contributed by atoms with van der Waals surface area (Å²) in [5, 5.41) is 13.8. The van der Waals surface area contributed by atoms with E-state index >= 15 is 0 Å². The molecular formula is C23H24BrClN2O4. The second-order valence-electron chi connectivity index (χ2n) is 7.42. The number of aryl methyl sites for hydroxylation is 1. The van der Waals surface area contributed by atoms with Gasteiger partial charge in [0.2, 0.25) is 5.91 Å². The number of halogens is 2. The van der Waals surface area contributed by atoms with E-state index in [9.17, 15) is 14.7 Å². The normalized spacial score (nSPS) is 12.0. The summed E-state index contributed by atoms with van der Waals surface area (Å²) in [6, 6.07) is 8.51. The van der Waals surface area contributed by atoms with Crippen LogP contribution in [0.2, 0.25) is 5.02 Å². The minimum Gasteiger partial charge on any atom is -0.492 e. The lowest BCUT2D eigenvalue weighted by atomic mass is 10.0. The van der Waals surface area contributed by atoms with Crippen molar-refractivity contribution in [3.05, 3.63) is 62.7 Å². The molecule has 0 aliphatic heterocycles. The highest BCUT2D eigenvalue weighted by atomic mass is 79.9. The van der Waals surface area contributed by atoms with E-state index in [1.807, 2.05) is 44.2 Å². The minimum absolute atomic E-state index is 0.167. The second kappa shape index (κ2) is 10.2. The molecule has 1 unspecified atom stereocenters. The van der Waals surface area contributed by atoms with Gasteiger partial charge in [0.25, 0.3) is 0 Å². The molecule has 1 amide bonds. The number of nitrogens with one attached hydrogen (secondary N) is 2. The zero-order valence-corrected chi connectivity index (χ0v) is 19.6. The quantitative estimate of drug-likeness (QED) is 0.348. The van der Waals surface area contributed by atoms with Crippen molar-refractivity contribution in [2.45, 2.75) is 39.2 Å². The van der Waals surface area contributed by atoms with Gasteiger partial charge in [-0.15, -0.1) is 0 Å². The highest BCUT2D eigenvalue weighted by molar-refractivity contribution is 9.10. The molecule has 2 aromatic carbocycles. The minimum atomic E-state index is -1.06. The molecule has 6 nitrogen and oxygen atoms in total. The summed E-state index contributed by atoms with van der Waals surface area (Å²) >= 11 is 9.71. The van der Waals surface area contributed by atoms with Gasteiger partial charge in [0.1, 0.15) is 11.8 Å². The summed E-state index contributed by atoms with van der Waals surface area (Å²) in [6.07, 6.45) is 2.62. The smallest absolute Gasteiger partial charge is 0.326 e. The molecule has 164 valence electrons. The van der Waals surface area contributed by atoms with Gasteiger partial charge in [-0.1, -0.05) is 29.8 Å². The fourth-order valence-corrected chi connectivity index (χ4v) is 4.10. The number of ether oxygens (including phenoxy) is 1. The topological polar surface area (TPSA) is 91.4 Å². The first-order chi connectivity index (χ1) is 14.8. The standard InChI is InChI=1S/C23H24BrClN2O4/c1-13-10-19(21(24)14(2)22(13)25)31-9-5-8-20(28)27-18(23(29)30)11-15-12-26-17-7-4-3-6-16(15)17/h3-4,6-7,10,12,18,26H,5,8-9,11H2,1-2H3,(H,27,28)(H,29,30). The summed E-state index contributed by atoms with van der Waals surface area (Å²) in [5.74, 6) is -0.716. The molecule has 0 saturated heterocycles. The Bertz CT molecular complexity index is 1110. The van der Waals surface area contributed by atoms with Crippen molar-refractivity contribution in [1.82, 2.24) is 10.3 Å². The molecular weight excluding hydrogens is 484 g/mol. The van der Waals surface area contributed by atoms with Gasteiger partial charge in [-0.3, -0.25) is 4.79 Å². The predicted octanol–water partition coefficient (Wildman–Crippen LogP) is 5.17. The van der Waals surface area contributed by atoms with Crippen molar-refractivity contribution in [2.75, 3.05) is 6.61 Å². The van der Waals surface area contributed by atoms with E-state index in [1.165, 1.54) is 0 Å². The van der Waals surface area contributed by atoms with E-state index in [4.69, 9.17) is 16.3 Å². The van der Waals surface area contributed by atoms with Crippen LogP contribution in [0.5, 0.6) is 5.75 Å². The van der Waals surface area contributed by atoms with E-state index in [0.717, 1.165) is 32.1 Å². The van der Waals surface area contributed by atoms with Crippen LogP contribution in [0.4, 0.5) is 0 Å². The van der Waals surface area contributed by atoms with E-state index in [1.54, 1.807) is 6.20 Å². The molecule has 8 heteroatoms. The van der Waals surface area contributed by atoms with Crippen LogP contribution in [0.3, 0.4) is 0 Å². The van der Waals surface area contributed by atoms with E-state index in [2.05, 4.69) is 26.2 Å². The molecule has 1 aromatic heterocycles. The van der Waals surface area contributed by atoms with Crippen molar-refractivity contribution in [3.8, 4) is 5.75 Å². The van der Waals surface area contributed by atoms with E-state index in [-0.39, 0.29) is 18.7 Å². The lowest BCUT2D eigenvalue weighted by Gasteiger charge is -2.15. The van der Waals surface area contributed by atoms with Crippen LogP contribution >= 0.6 is 27.5 Å². The van der Waals surface area contributed by atoms with Crippen LogP contribution in [0, 0.1) is 13.8 Å². The third-order valence-corrected chi connectivity index (χ3v) is 6.67. The maximum Gasteiger partial charge on any atom is 0.326 e. The monoisotopic (exact) mass is 506 g/mol. The Morgan fingerprint density at radius 2 is 2.03 bits per heavy atom. The lowest BCUT2D eigenvalue weighted by Crippen LogP contribution is -2.42. The van der Waals surface area contributed by atoms with Crippen molar-refractivity contribution < 1.29 is 19.4 Å². The molecule has 1 heterocycles. The summed E-state index contributed by atoms with van der Waals surface area (Å²) in [4.78, 5) is 27.1. The number of carboxylic acid groups (broad SMARTS) is 1. The number of aliphatic carboxylic acids is 1. The predicted molar refractivity (Wildman–Crippen MR) is 125 cm³/mol. The van der Waals surface area contributed by atoms with Crippen molar-refractivity contribution in [3.63, 3.8) is 0 Å². The number of carboxylic acids is 1. The number of fused-ring (bicyclic) bond motifs is 1. The van der Waals surface area contributed by atoms with Gasteiger partial charge < -0.3 is 20.1 Å². The number of benzene rings is 2. The molecule has 0 radical (unpaired) electrons. The molecule has 3 aromatic rings. The number of amides is 1. The number of para-hydroxylation sites is 1. The Balaban J connectivity index is 1.52. The van der Waals surface area contributed by atoms with Gasteiger partial charge >= 0.3 is 5.97 Å². The average Bonchev–Trinajstić information content (AvgIpc) is 3.15. The molecule has 0 bridgehead atoms. The van der Waals surface area contributed by atoms with Gasteiger partial charge in [-0.05, 0) is 65.0 Å². The van der Waals surface area contributed by atoms with Gasteiger partial charge in [-0.25, -0.2) is 4.79 Å². The van der Waals surface area contributed by atoms with Crippen LogP contribution in [-0.4, -0.2) is 34.6 Å². The summed E-state index contributed by atoms with van der Waals surface area (Å²) in [6.45, 7) is 4.13. The van der Waals surface area contributed by atoms with Crippen molar-refractivity contribution in [2.24, 2.45) is 0 Å². The largest absolute Gasteiger partial charge is 0.492 e. The Kier molecular flexibility index (Phi) is 7.62. The lowest BCUT2D eigenvalue weighted by molar-refractivity contribution is -0.141. The maximum atomic E-state index is 12.3. The number of hydrogen-bond acceptors (Lipinski definition) is 3. The molecule has 0 aliphatic carbocycles. The van der Waals surface area contributed by atoms with Crippen LogP contribution in [0.15, 0.2) is 41.0 Å². The SMILES string of the molecule is Cc1cc(OCCCC(=O)NC(Cc2c[nH]c3ccccc23)C(=O)O)c(Br)c(C)c1Cl. The zero-order chi connectivity index (χ0) is 22.5. The van der Waals surface area contributed by atoms with Gasteiger partial charge in [0, 0.05) is 35.0 Å². The van der Waals surface area contributed by atoms with Gasteiger partial charge in [-0.2, -0.15) is 0 Å². The summed E-state index contributed by atoms with van der Waals surface area (Å²) in [5.41, 5.74) is 3.60. The van der Waals surface area contributed by atoms with Crippen LogP contribution in [0.25, 0.3) is 10.9 Å². The van der Waals surface area contributed by atoms with Crippen molar-refractivity contribution in [1.29, 1.82) is 0 Å². The Morgan fingerprint density at radius 3 is 2.77 bits per heavy atom. The molecule has 3 rings (SSSR count). The number of carbonyl (C=O) groups excluding carboxylic acids is 1. The molecule has 31 heavy (non-hydrogen) atoms. The number of aromatic amines is 1. The van der Waals surface area contributed by atoms with Gasteiger partial charge in [0.05, 0.1) is 11.1 Å². The van der Waals surface area contributed by atoms with E-state index in [0.29, 0.717) is 23.8 Å². The molecule has 3 N–H and O–H groups in total. The van der Waals surface area contributed by atoms with Crippen LogP contribution in [0.1, 0.15) is 29.5 Å². The third-order valence-electron chi connectivity index (χ3n) is 5.11.